The zero-order chi connectivity index (χ0) is 27.4. The number of carbonyl (C=O) groups excluding carboxylic acids is 2. The first-order valence-electron chi connectivity index (χ1n) is 12.6. The van der Waals surface area contributed by atoms with E-state index < -0.39 is 29.3 Å². The maximum absolute atomic E-state index is 14.3. The smallest absolute Gasteiger partial charge is 0.416 e. The van der Waals surface area contributed by atoms with Gasteiger partial charge in [0.15, 0.2) is 0 Å². The SMILES string of the molecule is Cn1cnnc1CC1(c2cccc(N3C(=O)c4cc(C5CCCN5)cc(C(F)(F)F)c4C3OC=O)c2)COC1. The molecule has 39 heavy (non-hydrogen) atoms. The molecule has 0 aliphatic carbocycles. The van der Waals surface area contributed by atoms with Gasteiger partial charge < -0.3 is 19.4 Å². The second-order valence-corrected chi connectivity index (χ2v) is 10.3. The molecule has 0 bridgehead atoms. The molecule has 9 nitrogen and oxygen atoms in total. The van der Waals surface area contributed by atoms with Gasteiger partial charge in [-0.2, -0.15) is 13.2 Å². The van der Waals surface area contributed by atoms with Gasteiger partial charge in [-0.1, -0.05) is 12.1 Å². The topological polar surface area (TPSA) is 98.6 Å². The van der Waals surface area contributed by atoms with Crippen LogP contribution in [0, 0.1) is 0 Å². The van der Waals surface area contributed by atoms with E-state index in [2.05, 4.69) is 15.5 Å². The summed E-state index contributed by atoms with van der Waals surface area (Å²) in [5, 5.41) is 11.3. The van der Waals surface area contributed by atoms with Crippen molar-refractivity contribution in [3.63, 3.8) is 0 Å². The summed E-state index contributed by atoms with van der Waals surface area (Å²) in [6.07, 6.45) is -2.70. The number of benzene rings is 2. The number of rotatable bonds is 7. The summed E-state index contributed by atoms with van der Waals surface area (Å²) in [4.78, 5) is 26.4. The predicted octanol–water partition coefficient (Wildman–Crippen LogP) is 3.60. The van der Waals surface area contributed by atoms with E-state index in [-0.39, 0.29) is 23.6 Å². The van der Waals surface area contributed by atoms with Crippen LogP contribution in [0.4, 0.5) is 18.9 Å². The van der Waals surface area contributed by atoms with Crippen LogP contribution >= 0.6 is 0 Å². The number of carbonyl (C=O) groups is 2. The van der Waals surface area contributed by atoms with Crippen molar-refractivity contribution >= 4 is 18.1 Å². The zero-order valence-corrected chi connectivity index (χ0v) is 21.1. The van der Waals surface area contributed by atoms with Gasteiger partial charge in [-0.15, -0.1) is 10.2 Å². The number of ether oxygens (including phenoxy) is 2. The monoisotopic (exact) mass is 541 g/mol. The van der Waals surface area contributed by atoms with Gasteiger partial charge >= 0.3 is 6.18 Å². The Bertz CT molecular complexity index is 1430. The van der Waals surface area contributed by atoms with Crippen molar-refractivity contribution in [2.24, 2.45) is 7.05 Å². The van der Waals surface area contributed by atoms with Crippen LogP contribution in [-0.4, -0.2) is 46.9 Å². The number of nitrogens with zero attached hydrogens (tertiary/aromatic N) is 4. The van der Waals surface area contributed by atoms with Crippen LogP contribution < -0.4 is 10.2 Å². The molecule has 3 aliphatic heterocycles. The second kappa shape index (κ2) is 9.45. The molecule has 4 heterocycles. The van der Waals surface area contributed by atoms with Crippen LogP contribution in [0.3, 0.4) is 0 Å². The molecule has 204 valence electrons. The first-order chi connectivity index (χ1) is 18.7. The molecule has 3 aromatic rings. The lowest BCUT2D eigenvalue weighted by atomic mass is 9.75. The average Bonchev–Trinajstić information content (AvgIpc) is 3.62. The van der Waals surface area contributed by atoms with Crippen LogP contribution in [0.5, 0.6) is 0 Å². The van der Waals surface area contributed by atoms with Crippen LogP contribution in [0.25, 0.3) is 0 Å². The Hall–Kier alpha value is -3.77. The van der Waals surface area contributed by atoms with Crippen LogP contribution in [0.2, 0.25) is 0 Å². The molecule has 2 atom stereocenters. The standard InChI is InChI=1S/C27H26F3N5O4/c1-34-14-32-33-22(34)11-26(12-38-13-26)17-4-2-5-18(10-17)35-24(37)19-8-16(21-6-3-7-31-21)9-20(27(28,29)30)23(19)25(35)39-15-36/h2,4-5,8-10,14-15,21,25,31H,3,6-7,11-13H2,1H3. The Balaban J connectivity index is 1.43. The molecule has 2 fully saturated rings. The molecule has 3 aliphatic rings. The number of aromatic nitrogens is 3. The average molecular weight is 542 g/mol. The van der Waals surface area contributed by atoms with E-state index in [9.17, 15) is 22.8 Å². The highest BCUT2D eigenvalue weighted by Crippen LogP contribution is 2.47. The van der Waals surface area contributed by atoms with Crippen molar-refractivity contribution in [2.45, 2.75) is 43.1 Å². The summed E-state index contributed by atoms with van der Waals surface area (Å²) >= 11 is 0. The number of hydrogen-bond donors (Lipinski definition) is 1. The van der Waals surface area contributed by atoms with E-state index in [1.807, 2.05) is 17.7 Å². The molecule has 2 aromatic carbocycles. The molecule has 0 radical (unpaired) electrons. The number of nitrogens with one attached hydrogen (secondary N) is 1. The van der Waals surface area contributed by atoms with Crippen molar-refractivity contribution < 1.29 is 32.2 Å². The zero-order valence-electron chi connectivity index (χ0n) is 21.1. The van der Waals surface area contributed by atoms with Gasteiger partial charge in [0.1, 0.15) is 12.2 Å². The minimum absolute atomic E-state index is 0.0752. The summed E-state index contributed by atoms with van der Waals surface area (Å²) in [7, 11) is 1.84. The van der Waals surface area contributed by atoms with Gasteiger partial charge in [0.05, 0.1) is 18.8 Å². The van der Waals surface area contributed by atoms with E-state index in [0.29, 0.717) is 43.9 Å². The van der Waals surface area contributed by atoms with Crippen molar-refractivity contribution in [3.8, 4) is 0 Å². The largest absolute Gasteiger partial charge is 0.439 e. The molecule has 12 heteroatoms. The minimum Gasteiger partial charge on any atom is -0.439 e. The number of anilines is 1. The molecule has 1 N–H and O–H groups in total. The number of halogens is 3. The Morgan fingerprint density at radius 3 is 2.69 bits per heavy atom. The molecular formula is C27H26F3N5O4. The first kappa shape index (κ1) is 25.5. The lowest BCUT2D eigenvalue weighted by Crippen LogP contribution is -2.49. The molecule has 6 rings (SSSR count). The van der Waals surface area contributed by atoms with Gasteiger partial charge in [-0.25, -0.2) is 0 Å². The molecule has 2 saturated heterocycles. The predicted molar refractivity (Wildman–Crippen MR) is 132 cm³/mol. The number of fused-ring (bicyclic) bond motifs is 1. The molecule has 1 amide bonds. The van der Waals surface area contributed by atoms with Gasteiger partial charge in [-0.3, -0.25) is 14.5 Å². The number of amides is 1. The van der Waals surface area contributed by atoms with E-state index in [4.69, 9.17) is 9.47 Å². The van der Waals surface area contributed by atoms with E-state index in [0.717, 1.165) is 28.8 Å². The van der Waals surface area contributed by atoms with Gasteiger partial charge in [0.2, 0.25) is 6.23 Å². The lowest BCUT2D eigenvalue weighted by molar-refractivity contribution is -0.142. The highest BCUT2D eigenvalue weighted by atomic mass is 19.4. The van der Waals surface area contributed by atoms with Crippen LogP contribution in [-0.2, 0) is 39.3 Å². The number of alkyl halides is 3. The van der Waals surface area contributed by atoms with Crippen molar-refractivity contribution in [1.29, 1.82) is 0 Å². The van der Waals surface area contributed by atoms with Crippen molar-refractivity contribution in [1.82, 2.24) is 20.1 Å². The van der Waals surface area contributed by atoms with E-state index in [1.54, 1.807) is 24.5 Å². The fraction of sp³-hybridized carbons (Fsp3) is 0.407. The van der Waals surface area contributed by atoms with E-state index >= 15 is 0 Å². The highest BCUT2D eigenvalue weighted by Gasteiger charge is 2.48. The van der Waals surface area contributed by atoms with Crippen LogP contribution in [0.1, 0.15) is 63.5 Å². The number of aryl methyl sites for hydroxylation is 1. The van der Waals surface area contributed by atoms with Gasteiger partial charge in [0, 0.05) is 41.7 Å². The van der Waals surface area contributed by atoms with Gasteiger partial charge in [0.25, 0.3) is 12.4 Å². The maximum atomic E-state index is 14.3. The summed E-state index contributed by atoms with van der Waals surface area (Å²) in [6, 6.07) is 9.26. The molecular weight excluding hydrogens is 515 g/mol. The third kappa shape index (κ3) is 4.27. The Morgan fingerprint density at radius 2 is 2.08 bits per heavy atom. The summed E-state index contributed by atoms with van der Waals surface area (Å²) < 4.78 is 55.6. The summed E-state index contributed by atoms with van der Waals surface area (Å²) in [5.41, 5.74) is -0.367. The maximum Gasteiger partial charge on any atom is 0.416 e. The Kier molecular flexibility index (Phi) is 6.18. The number of hydrogen-bond acceptors (Lipinski definition) is 7. The summed E-state index contributed by atoms with van der Waals surface area (Å²) in [5.74, 6) is 0.0879. The van der Waals surface area contributed by atoms with E-state index in [1.165, 1.54) is 6.07 Å². The van der Waals surface area contributed by atoms with Crippen LogP contribution in [0.15, 0.2) is 42.7 Å². The third-order valence-electron chi connectivity index (χ3n) is 7.88. The Labute approximate surface area is 221 Å². The fourth-order valence-electron chi connectivity index (χ4n) is 5.80. The van der Waals surface area contributed by atoms with Crippen molar-refractivity contribution in [2.75, 3.05) is 24.7 Å². The van der Waals surface area contributed by atoms with Gasteiger partial charge in [-0.05, 0) is 54.8 Å². The molecule has 1 aromatic heterocycles. The second-order valence-electron chi connectivity index (χ2n) is 10.3. The molecule has 0 spiro atoms. The highest BCUT2D eigenvalue weighted by molar-refractivity contribution is 6.11. The first-order valence-corrected chi connectivity index (χ1v) is 12.6. The minimum atomic E-state index is -4.76. The normalized spacial score (nSPS) is 22.1. The quantitative estimate of drug-likeness (QED) is 0.457. The molecule has 2 unspecified atom stereocenters. The Morgan fingerprint density at radius 1 is 1.26 bits per heavy atom. The molecule has 0 saturated carbocycles. The lowest BCUT2D eigenvalue weighted by Gasteiger charge is -2.42. The third-order valence-corrected chi connectivity index (χ3v) is 7.88. The van der Waals surface area contributed by atoms with Crippen molar-refractivity contribution in [3.05, 3.63) is 76.4 Å². The fourth-order valence-corrected chi connectivity index (χ4v) is 5.80. The summed E-state index contributed by atoms with van der Waals surface area (Å²) in [6.45, 7) is 1.57.